The summed E-state index contributed by atoms with van der Waals surface area (Å²) in [5.41, 5.74) is 0. The molecule has 0 fully saturated rings. The second-order valence-electron chi connectivity index (χ2n) is 13.7. The Bertz CT molecular complexity index is 1950. The maximum atomic E-state index is 5.83. The summed E-state index contributed by atoms with van der Waals surface area (Å²) in [5.74, 6) is 0. The summed E-state index contributed by atoms with van der Waals surface area (Å²) in [5, 5.41) is 11.8. The van der Waals surface area contributed by atoms with Crippen molar-refractivity contribution in [1.82, 2.24) is 0 Å². The molecular formula is C56H54MoN2P4. The van der Waals surface area contributed by atoms with Gasteiger partial charge in [0.05, 0.1) is 0 Å². The van der Waals surface area contributed by atoms with Gasteiger partial charge in [-0.15, -0.1) is 0 Å². The average molecular weight is 975 g/mol. The van der Waals surface area contributed by atoms with E-state index in [0.717, 1.165) is 0 Å². The molecule has 0 bridgehead atoms. The van der Waals surface area contributed by atoms with Crippen LogP contribution < -0.4 is 42.4 Å². The first-order valence-corrected chi connectivity index (χ1v) is 26.8. The summed E-state index contributed by atoms with van der Waals surface area (Å²) >= 11 is 0. The number of hydrogen-bond acceptors (Lipinski definition) is 0. The fourth-order valence-corrected chi connectivity index (χ4v) is 17.6. The second-order valence-corrected chi connectivity index (χ2v) is 23.1. The van der Waals surface area contributed by atoms with Crippen molar-refractivity contribution in [3.05, 3.63) is 265 Å². The Morgan fingerprint density at radius 3 is 0.444 bits per heavy atom. The molecule has 314 valence electrons. The first kappa shape index (κ1) is 50.8. The van der Waals surface area contributed by atoms with E-state index < -0.39 is 0 Å². The monoisotopic (exact) mass is 976 g/mol. The molecule has 0 atom stereocenters. The zero-order valence-corrected chi connectivity index (χ0v) is 41.6. The second kappa shape index (κ2) is 30.3. The maximum Gasteiger partial charge on any atom is 0.205 e. The van der Waals surface area contributed by atoms with Crippen molar-refractivity contribution in [2.75, 3.05) is 38.7 Å². The minimum atomic E-state index is -0.348. The zero-order chi connectivity index (χ0) is 43.5. The third-order valence-corrected chi connectivity index (χ3v) is 20.4. The summed E-state index contributed by atoms with van der Waals surface area (Å²) in [4.78, 5) is 5.50. The van der Waals surface area contributed by atoms with Crippen molar-refractivity contribution in [2.45, 2.75) is 0 Å². The van der Waals surface area contributed by atoms with Crippen molar-refractivity contribution in [3.8, 4) is 0 Å². The molecule has 8 aromatic carbocycles. The molecule has 0 saturated heterocycles. The molecule has 8 rings (SSSR count). The van der Waals surface area contributed by atoms with E-state index in [2.05, 4.69) is 252 Å². The maximum absolute atomic E-state index is 5.83. The van der Waals surface area contributed by atoms with Gasteiger partial charge in [-0.1, -0.05) is 243 Å². The van der Waals surface area contributed by atoms with E-state index in [0.29, 0.717) is 0 Å². The number of hydrogen-bond donors (Lipinski definition) is 0. The molecule has 7 heteroatoms. The Morgan fingerprint density at radius 1 is 0.254 bits per heavy atom. The van der Waals surface area contributed by atoms with Gasteiger partial charge in [-0.25, -0.2) is 13.1 Å². The van der Waals surface area contributed by atoms with Crippen LogP contribution in [0.3, 0.4) is 0 Å². The summed E-state index contributed by atoms with van der Waals surface area (Å²) in [6.45, 7) is 11.7. The van der Waals surface area contributed by atoms with Gasteiger partial charge in [0.25, 0.3) is 0 Å². The van der Waals surface area contributed by atoms with Crippen molar-refractivity contribution >= 4 is 74.1 Å². The summed E-state index contributed by atoms with van der Waals surface area (Å²) < 4.78 is 0. The van der Waals surface area contributed by atoms with E-state index in [1.165, 1.54) is 81.2 Å². The van der Waals surface area contributed by atoms with Gasteiger partial charge in [0.2, 0.25) is 14.1 Å². The molecule has 63 heavy (non-hydrogen) atoms. The van der Waals surface area contributed by atoms with Crippen molar-refractivity contribution in [1.29, 1.82) is 0 Å². The average Bonchev–Trinajstić information content (AvgIpc) is 3.35. The van der Waals surface area contributed by atoms with Crippen LogP contribution in [0, 0.1) is 13.1 Å². The van der Waals surface area contributed by atoms with Crippen LogP contribution in [-0.2, 0) is 21.1 Å². The van der Waals surface area contributed by atoms with Crippen LogP contribution in [-0.4, -0.2) is 38.7 Å². The van der Waals surface area contributed by atoms with Crippen LogP contribution >= 0.6 is 31.7 Å². The van der Waals surface area contributed by atoms with Crippen molar-refractivity contribution < 1.29 is 21.1 Å². The molecule has 0 radical (unpaired) electrons. The Morgan fingerprint density at radius 2 is 0.349 bits per heavy atom. The molecule has 0 aliphatic heterocycles. The van der Waals surface area contributed by atoms with Gasteiger partial charge in [0.15, 0.2) is 0 Å². The Balaban J connectivity index is 0.000000243. The van der Waals surface area contributed by atoms with Crippen LogP contribution in [0.4, 0.5) is 0 Å². The fraction of sp³-hybridized carbons (Fsp3) is 0.107. The third kappa shape index (κ3) is 17.0. The summed E-state index contributed by atoms with van der Waals surface area (Å²) in [6.07, 6.45) is 4.83. The first-order valence-electron chi connectivity index (χ1n) is 20.7. The zero-order valence-electron chi connectivity index (χ0n) is 36.0. The SMILES string of the molecule is [C-]#[N+]C.[C-]#[N+]C.[Mo].c1ccc(P(CCP(c2ccccc2)c2ccccc2)c2ccccc2)cc1.c1ccc(P(CCP(c2ccccc2)c2ccccc2)c2ccccc2)cc1. The fourth-order valence-electron chi connectivity index (χ4n) is 6.89. The summed E-state index contributed by atoms with van der Waals surface area (Å²) in [7, 11) is 1.44. The minimum Gasteiger partial charge on any atom is -0.320 e. The molecule has 0 aliphatic rings. The number of nitrogens with zero attached hydrogens (tertiary/aromatic N) is 2. The van der Waals surface area contributed by atoms with E-state index in [9.17, 15) is 0 Å². The Labute approximate surface area is 396 Å². The van der Waals surface area contributed by atoms with E-state index in [4.69, 9.17) is 13.1 Å². The molecule has 0 spiro atoms. The van der Waals surface area contributed by atoms with Crippen LogP contribution in [0.1, 0.15) is 0 Å². The van der Waals surface area contributed by atoms with Gasteiger partial charge in [0, 0.05) is 21.1 Å². The molecule has 0 N–H and O–H groups in total. The normalized spacial score (nSPS) is 10.1. The van der Waals surface area contributed by atoms with E-state index in [1.807, 2.05) is 0 Å². The van der Waals surface area contributed by atoms with E-state index >= 15 is 0 Å². The van der Waals surface area contributed by atoms with Gasteiger partial charge in [-0.05, 0) is 98.8 Å². The van der Waals surface area contributed by atoms with Crippen LogP contribution in [0.15, 0.2) is 243 Å². The topological polar surface area (TPSA) is 8.72 Å². The molecule has 0 heterocycles. The van der Waals surface area contributed by atoms with E-state index in [-0.39, 0.29) is 52.8 Å². The molecule has 0 saturated carbocycles. The molecule has 0 amide bonds. The van der Waals surface area contributed by atoms with E-state index in [1.54, 1.807) is 0 Å². The van der Waals surface area contributed by atoms with Gasteiger partial charge >= 0.3 is 0 Å². The largest absolute Gasteiger partial charge is 0.320 e. The standard InChI is InChI=1S/2C26H24P2.2C2H3N.Mo/c2*1-5-13-23(14-6-1)27(24-15-7-2-8-16-24)21-22-28(25-17-9-3-10-18-25)26-19-11-4-12-20-26;2*1-3-2;/h2*1-20H,21-22H2;2*1H3;. The Kier molecular flexibility index (Phi) is 24.4. The van der Waals surface area contributed by atoms with Gasteiger partial charge < -0.3 is 9.69 Å². The van der Waals surface area contributed by atoms with Gasteiger partial charge in [0.1, 0.15) is 0 Å². The molecule has 0 aliphatic carbocycles. The predicted octanol–water partition coefficient (Wildman–Crippen LogP) is 11.6. The smallest absolute Gasteiger partial charge is 0.205 e. The predicted molar refractivity (Wildman–Crippen MR) is 281 cm³/mol. The molecular weight excluding hydrogens is 920 g/mol. The summed E-state index contributed by atoms with van der Waals surface area (Å²) in [6, 6.07) is 88.4. The van der Waals surface area contributed by atoms with Crippen LogP contribution in [0.2, 0.25) is 0 Å². The third-order valence-electron chi connectivity index (χ3n) is 9.64. The molecule has 2 nitrogen and oxygen atoms in total. The minimum absolute atomic E-state index is 0. The van der Waals surface area contributed by atoms with Crippen molar-refractivity contribution in [2.24, 2.45) is 0 Å². The van der Waals surface area contributed by atoms with Crippen molar-refractivity contribution in [3.63, 3.8) is 0 Å². The molecule has 0 unspecified atom stereocenters. The Hall–Kier alpha value is -4.85. The van der Waals surface area contributed by atoms with Crippen LogP contribution in [0.25, 0.3) is 9.69 Å². The quantitative estimate of drug-likeness (QED) is 0.0583. The molecule has 8 aromatic rings. The first-order chi connectivity index (χ1) is 30.7. The van der Waals surface area contributed by atoms with Gasteiger partial charge in [-0.2, -0.15) is 0 Å². The number of rotatable bonds is 14. The van der Waals surface area contributed by atoms with Gasteiger partial charge in [-0.3, -0.25) is 0 Å². The molecule has 0 aromatic heterocycles. The van der Waals surface area contributed by atoms with Crippen LogP contribution in [0.5, 0.6) is 0 Å². The number of benzene rings is 8.